The first-order valence-electron chi connectivity index (χ1n) is 6.33. The first-order valence-corrected chi connectivity index (χ1v) is 6.33. The summed E-state index contributed by atoms with van der Waals surface area (Å²) in [5.74, 6) is 1.48. The Morgan fingerprint density at radius 1 is 1.20 bits per heavy atom. The van der Waals surface area contributed by atoms with Crippen LogP contribution >= 0.6 is 0 Å². The van der Waals surface area contributed by atoms with E-state index in [9.17, 15) is 5.26 Å². The molecule has 2 aromatic rings. The molecule has 4 heteroatoms. The normalized spacial score (nSPS) is 9.95. The van der Waals surface area contributed by atoms with Crippen molar-refractivity contribution in [2.75, 3.05) is 19.1 Å². The molecule has 0 aliphatic rings. The third-order valence-corrected chi connectivity index (χ3v) is 3.21. The fourth-order valence-corrected chi connectivity index (χ4v) is 2.13. The van der Waals surface area contributed by atoms with Gasteiger partial charge in [0.1, 0.15) is 11.8 Å². The van der Waals surface area contributed by atoms with Crippen LogP contribution in [0.1, 0.15) is 16.8 Å². The minimum absolute atomic E-state index is 0.605. The van der Waals surface area contributed by atoms with Crippen LogP contribution in [0.3, 0.4) is 0 Å². The number of benzene rings is 1. The van der Waals surface area contributed by atoms with Gasteiger partial charge in [-0.15, -0.1) is 0 Å². The number of anilines is 2. The summed E-state index contributed by atoms with van der Waals surface area (Å²) < 4.78 is 5.15. The van der Waals surface area contributed by atoms with E-state index in [-0.39, 0.29) is 0 Å². The first-order chi connectivity index (χ1) is 9.56. The quantitative estimate of drug-likeness (QED) is 0.855. The first kappa shape index (κ1) is 13.9. The van der Waals surface area contributed by atoms with Crippen molar-refractivity contribution in [3.8, 4) is 11.8 Å². The molecule has 2 rings (SSSR count). The Labute approximate surface area is 119 Å². The maximum atomic E-state index is 9.33. The number of hydrogen-bond donors (Lipinski definition) is 0. The van der Waals surface area contributed by atoms with E-state index in [4.69, 9.17) is 4.74 Å². The number of aromatic nitrogens is 1. The summed E-state index contributed by atoms with van der Waals surface area (Å²) in [7, 11) is 3.54. The second-order valence-electron chi connectivity index (χ2n) is 4.65. The molecule has 0 saturated heterocycles. The minimum Gasteiger partial charge on any atom is -0.497 e. The van der Waals surface area contributed by atoms with Crippen LogP contribution in [0.5, 0.6) is 5.75 Å². The highest BCUT2D eigenvalue weighted by Crippen LogP contribution is 2.28. The smallest absolute Gasteiger partial charge is 0.151 e. The van der Waals surface area contributed by atoms with Crippen molar-refractivity contribution in [3.63, 3.8) is 0 Å². The number of nitriles is 1. The standard InChI is InChI=1S/C16H17N3O/c1-11-9-12(2)18-16(15(11)10-17)19(3)13-5-7-14(20-4)8-6-13/h5-9H,1-4H3. The van der Waals surface area contributed by atoms with Gasteiger partial charge >= 0.3 is 0 Å². The summed E-state index contributed by atoms with van der Waals surface area (Å²) in [6.45, 7) is 3.86. The van der Waals surface area contributed by atoms with Gasteiger partial charge in [-0.3, -0.25) is 0 Å². The lowest BCUT2D eigenvalue weighted by Crippen LogP contribution is -2.14. The van der Waals surface area contributed by atoms with Gasteiger partial charge in [0.05, 0.1) is 12.7 Å². The molecule has 0 radical (unpaired) electrons. The predicted octanol–water partition coefficient (Wildman–Crippen LogP) is 3.35. The van der Waals surface area contributed by atoms with E-state index in [2.05, 4.69) is 11.1 Å². The third-order valence-electron chi connectivity index (χ3n) is 3.21. The molecule has 20 heavy (non-hydrogen) atoms. The second kappa shape index (κ2) is 5.62. The van der Waals surface area contributed by atoms with Crippen LogP contribution in [-0.4, -0.2) is 19.1 Å². The summed E-state index contributed by atoms with van der Waals surface area (Å²) in [6, 6.07) is 11.8. The minimum atomic E-state index is 0.605. The van der Waals surface area contributed by atoms with Crippen molar-refractivity contribution >= 4 is 11.5 Å². The number of nitrogens with zero attached hydrogens (tertiary/aromatic N) is 3. The lowest BCUT2D eigenvalue weighted by Gasteiger charge is -2.21. The van der Waals surface area contributed by atoms with Crippen LogP contribution in [0.4, 0.5) is 11.5 Å². The average molecular weight is 267 g/mol. The fourth-order valence-electron chi connectivity index (χ4n) is 2.13. The van der Waals surface area contributed by atoms with Crippen molar-refractivity contribution < 1.29 is 4.74 Å². The van der Waals surface area contributed by atoms with Gasteiger partial charge in [-0.2, -0.15) is 5.26 Å². The van der Waals surface area contributed by atoms with Gasteiger partial charge in [0.15, 0.2) is 5.82 Å². The molecule has 0 aliphatic heterocycles. The lowest BCUT2D eigenvalue weighted by molar-refractivity contribution is 0.415. The van der Waals surface area contributed by atoms with Gasteiger partial charge in [0.2, 0.25) is 0 Å². The van der Waals surface area contributed by atoms with Crippen LogP contribution in [0.25, 0.3) is 0 Å². The Morgan fingerprint density at radius 3 is 2.40 bits per heavy atom. The maximum absolute atomic E-state index is 9.33. The van der Waals surface area contributed by atoms with Gasteiger partial charge in [0.25, 0.3) is 0 Å². The average Bonchev–Trinajstić information content (AvgIpc) is 2.46. The van der Waals surface area contributed by atoms with Crippen LogP contribution in [0, 0.1) is 25.2 Å². The molecule has 4 nitrogen and oxygen atoms in total. The molecule has 0 bridgehead atoms. The molecule has 0 aliphatic carbocycles. The highest BCUT2D eigenvalue weighted by Gasteiger charge is 2.14. The molecule has 0 amide bonds. The number of methoxy groups -OCH3 is 1. The molecule has 1 aromatic heterocycles. The lowest BCUT2D eigenvalue weighted by atomic mass is 10.1. The number of ether oxygens (including phenoxy) is 1. The zero-order valence-corrected chi connectivity index (χ0v) is 12.1. The van der Waals surface area contributed by atoms with E-state index in [1.165, 1.54) is 0 Å². The molecule has 0 fully saturated rings. The summed E-state index contributed by atoms with van der Waals surface area (Å²) in [5, 5.41) is 9.33. The zero-order valence-electron chi connectivity index (χ0n) is 12.1. The van der Waals surface area contributed by atoms with Crippen molar-refractivity contribution in [3.05, 3.63) is 47.2 Å². The largest absolute Gasteiger partial charge is 0.497 e. The summed E-state index contributed by atoms with van der Waals surface area (Å²) in [5.41, 5.74) is 3.40. The summed E-state index contributed by atoms with van der Waals surface area (Å²) in [4.78, 5) is 6.41. The molecule has 0 atom stereocenters. The van der Waals surface area contributed by atoms with Gasteiger partial charge in [-0.25, -0.2) is 4.98 Å². The maximum Gasteiger partial charge on any atom is 0.151 e. The van der Waals surface area contributed by atoms with E-state index < -0.39 is 0 Å². The molecular weight excluding hydrogens is 250 g/mol. The van der Waals surface area contributed by atoms with Crippen molar-refractivity contribution in [2.24, 2.45) is 0 Å². The van der Waals surface area contributed by atoms with E-state index in [0.29, 0.717) is 11.4 Å². The Balaban J connectivity index is 2.47. The van der Waals surface area contributed by atoms with Crippen molar-refractivity contribution in [2.45, 2.75) is 13.8 Å². The Bertz CT molecular complexity index is 657. The van der Waals surface area contributed by atoms with Crippen LogP contribution < -0.4 is 9.64 Å². The number of pyridine rings is 1. The number of aryl methyl sites for hydroxylation is 2. The van der Waals surface area contributed by atoms with Crippen molar-refractivity contribution in [1.29, 1.82) is 5.26 Å². The Morgan fingerprint density at radius 2 is 1.85 bits per heavy atom. The predicted molar refractivity (Wildman–Crippen MR) is 79.5 cm³/mol. The Hall–Kier alpha value is -2.54. The fraction of sp³-hybridized carbons (Fsp3) is 0.250. The highest BCUT2D eigenvalue weighted by molar-refractivity contribution is 5.67. The van der Waals surface area contributed by atoms with Crippen molar-refractivity contribution in [1.82, 2.24) is 4.98 Å². The topological polar surface area (TPSA) is 49.1 Å². The molecule has 0 saturated carbocycles. The number of hydrogen-bond acceptors (Lipinski definition) is 4. The van der Waals surface area contributed by atoms with Crippen LogP contribution in [-0.2, 0) is 0 Å². The van der Waals surface area contributed by atoms with E-state index in [1.807, 2.05) is 56.1 Å². The van der Waals surface area contributed by atoms with E-state index >= 15 is 0 Å². The molecule has 0 spiro atoms. The second-order valence-corrected chi connectivity index (χ2v) is 4.65. The van der Waals surface area contributed by atoms with Gasteiger partial charge in [0, 0.05) is 18.4 Å². The monoisotopic (exact) mass is 267 g/mol. The molecule has 102 valence electrons. The summed E-state index contributed by atoms with van der Waals surface area (Å²) >= 11 is 0. The molecule has 0 unspecified atom stereocenters. The molecule has 1 aromatic carbocycles. The summed E-state index contributed by atoms with van der Waals surface area (Å²) in [6.07, 6.45) is 0. The third kappa shape index (κ3) is 2.57. The highest BCUT2D eigenvalue weighted by atomic mass is 16.5. The van der Waals surface area contributed by atoms with Crippen LogP contribution in [0.2, 0.25) is 0 Å². The van der Waals surface area contributed by atoms with Gasteiger partial charge < -0.3 is 9.64 Å². The van der Waals surface area contributed by atoms with Crippen LogP contribution in [0.15, 0.2) is 30.3 Å². The van der Waals surface area contributed by atoms with E-state index in [0.717, 1.165) is 22.7 Å². The molecule has 1 heterocycles. The zero-order chi connectivity index (χ0) is 14.7. The Kier molecular flexibility index (Phi) is 3.90. The van der Waals surface area contributed by atoms with Gasteiger partial charge in [-0.1, -0.05) is 0 Å². The SMILES string of the molecule is COc1ccc(N(C)c2nc(C)cc(C)c2C#N)cc1. The number of rotatable bonds is 3. The van der Waals surface area contributed by atoms with Gasteiger partial charge in [-0.05, 0) is 49.7 Å². The molecular formula is C16H17N3O. The molecule has 0 N–H and O–H groups in total. The van der Waals surface area contributed by atoms with E-state index in [1.54, 1.807) is 7.11 Å².